The van der Waals surface area contributed by atoms with Gasteiger partial charge in [0.2, 0.25) is 0 Å². The van der Waals surface area contributed by atoms with Crippen LogP contribution in [0.25, 0.3) is 0 Å². The van der Waals surface area contributed by atoms with Gasteiger partial charge in [-0.05, 0) is 17.7 Å². The second-order valence-corrected chi connectivity index (χ2v) is 4.98. The lowest BCUT2D eigenvalue weighted by atomic mass is 9.89. The van der Waals surface area contributed by atoms with Gasteiger partial charge in [-0.2, -0.15) is 0 Å². The predicted molar refractivity (Wildman–Crippen MR) is 68.0 cm³/mol. The van der Waals surface area contributed by atoms with E-state index in [9.17, 15) is 13.9 Å². The summed E-state index contributed by atoms with van der Waals surface area (Å²) < 4.78 is 31.3. The Morgan fingerprint density at radius 1 is 1.32 bits per heavy atom. The number of likely N-dealkylation sites (tertiary alicyclic amines) is 1. The molecule has 1 fully saturated rings. The fraction of sp³-hybridized carbons (Fsp3) is 0.571. The van der Waals surface area contributed by atoms with Crippen LogP contribution in [0, 0.1) is 17.6 Å². The van der Waals surface area contributed by atoms with Gasteiger partial charge in [-0.1, -0.05) is 6.07 Å². The molecule has 2 rings (SSSR count). The smallest absolute Gasteiger partial charge is 0.159 e. The van der Waals surface area contributed by atoms with Crippen molar-refractivity contribution >= 4 is 0 Å². The van der Waals surface area contributed by atoms with Gasteiger partial charge in [-0.25, -0.2) is 8.78 Å². The predicted octanol–water partition coefficient (Wildman–Crippen LogP) is 1.62. The van der Waals surface area contributed by atoms with E-state index < -0.39 is 11.6 Å². The number of hydrogen-bond acceptors (Lipinski definition) is 3. The van der Waals surface area contributed by atoms with Crippen molar-refractivity contribution in [1.82, 2.24) is 4.90 Å². The van der Waals surface area contributed by atoms with Crippen LogP contribution in [0.2, 0.25) is 0 Å². The maximum Gasteiger partial charge on any atom is 0.159 e. The lowest BCUT2D eigenvalue weighted by molar-refractivity contribution is 0.154. The first-order chi connectivity index (χ1) is 9.15. The van der Waals surface area contributed by atoms with E-state index in [0.29, 0.717) is 6.61 Å². The second-order valence-electron chi connectivity index (χ2n) is 4.98. The van der Waals surface area contributed by atoms with E-state index in [0.717, 1.165) is 31.3 Å². The number of benzene rings is 1. The molecule has 1 aliphatic heterocycles. The molecule has 0 unspecified atom stereocenters. The van der Waals surface area contributed by atoms with Crippen LogP contribution in [0.15, 0.2) is 18.2 Å². The van der Waals surface area contributed by atoms with Crippen molar-refractivity contribution in [3.8, 4) is 0 Å². The molecule has 0 bridgehead atoms. The SMILES string of the molecule is COCCN1C[C@@H](CO)[C@H](c2ccc(F)c(F)c2)C1. The maximum absolute atomic E-state index is 13.3. The van der Waals surface area contributed by atoms with Crippen molar-refractivity contribution < 1.29 is 18.6 Å². The van der Waals surface area contributed by atoms with Crippen LogP contribution < -0.4 is 0 Å². The molecule has 0 aromatic heterocycles. The Hall–Kier alpha value is -1.04. The molecule has 1 saturated heterocycles. The molecule has 1 N–H and O–H groups in total. The standard InChI is InChI=1S/C14H19F2NO2/c1-19-5-4-17-7-11(9-18)12(8-17)10-2-3-13(15)14(16)6-10/h2-3,6,11-12,18H,4-5,7-9H2,1H3/t11-,12-/m0/s1. The van der Waals surface area contributed by atoms with Crippen LogP contribution in [0.1, 0.15) is 11.5 Å². The summed E-state index contributed by atoms with van der Waals surface area (Å²) in [7, 11) is 1.65. The number of halogens is 2. The number of hydrogen-bond donors (Lipinski definition) is 1. The van der Waals surface area contributed by atoms with Gasteiger partial charge in [-0.15, -0.1) is 0 Å². The highest BCUT2D eigenvalue weighted by molar-refractivity contribution is 5.24. The molecule has 1 heterocycles. The summed E-state index contributed by atoms with van der Waals surface area (Å²) in [6.07, 6.45) is 0. The van der Waals surface area contributed by atoms with E-state index in [1.54, 1.807) is 13.2 Å². The summed E-state index contributed by atoms with van der Waals surface area (Å²) in [6, 6.07) is 3.99. The summed E-state index contributed by atoms with van der Waals surface area (Å²) in [6.45, 7) is 2.95. The molecule has 0 amide bonds. The third kappa shape index (κ3) is 3.29. The van der Waals surface area contributed by atoms with Gasteiger partial charge >= 0.3 is 0 Å². The Morgan fingerprint density at radius 2 is 2.11 bits per heavy atom. The quantitative estimate of drug-likeness (QED) is 0.883. The first-order valence-corrected chi connectivity index (χ1v) is 6.42. The molecule has 3 nitrogen and oxygen atoms in total. The van der Waals surface area contributed by atoms with E-state index in [2.05, 4.69) is 4.90 Å². The zero-order chi connectivity index (χ0) is 13.8. The number of methoxy groups -OCH3 is 1. The van der Waals surface area contributed by atoms with Gasteiger partial charge in [0.1, 0.15) is 0 Å². The van der Waals surface area contributed by atoms with Crippen LogP contribution in [-0.2, 0) is 4.74 Å². The number of ether oxygens (including phenoxy) is 1. The minimum Gasteiger partial charge on any atom is -0.396 e. The molecule has 5 heteroatoms. The minimum absolute atomic E-state index is 0.0388. The molecule has 0 aliphatic carbocycles. The fourth-order valence-corrected chi connectivity index (χ4v) is 2.67. The first kappa shape index (κ1) is 14.4. The Labute approximate surface area is 111 Å². The molecule has 1 aromatic rings. The van der Waals surface area contributed by atoms with E-state index in [4.69, 9.17) is 4.74 Å². The molecule has 19 heavy (non-hydrogen) atoms. The average Bonchev–Trinajstić information content (AvgIpc) is 2.83. The van der Waals surface area contributed by atoms with Crippen LogP contribution in [0.3, 0.4) is 0 Å². The molecule has 1 aliphatic rings. The summed E-state index contributed by atoms with van der Waals surface area (Å²) in [5.41, 5.74) is 0.748. The van der Waals surface area contributed by atoms with Crippen molar-refractivity contribution in [3.05, 3.63) is 35.4 Å². The monoisotopic (exact) mass is 271 g/mol. The number of aliphatic hydroxyl groups is 1. The van der Waals surface area contributed by atoms with Crippen molar-refractivity contribution in [2.24, 2.45) is 5.92 Å². The van der Waals surface area contributed by atoms with E-state index >= 15 is 0 Å². The largest absolute Gasteiger partial charge is 0.396 e. The van der Waals surface area contributed by atoms with Crippen molar-refractivity contribution in [1.29, 1.82) is 0 Å². The number of aliphatic hydroxyl groups excluding tert-OH is 1. The zero-order valence-corrected chi connectivity index (χ0v) is 11.0. The van der Waals surface area contributed by atoms with Gasteiger partial charge < -0.3 is 14.7 Å². The van der Waals surface area contributed by atoms with Gasteiger partial charge in [0.25, 0.3) is 0 Å². The first-order valence-electron chi connectivity index (χ1n) is 6.42. The van der Waals surface area contributed by atoms with Gasteiger partial charge in [0.05, 0.1) is 6.61 Å². The third-order valence-electron chi connectivity index (χ3n) is 3.73. The highest BCUT2D eigenvalue weighted by atomic mass is 19.2. The molecule has 1 aromatic carbocycles. The van der Waals surface area contributed by atoms with Crippen molar-refractivity contribution in [3.63, 3.8) is 0 Å². The lowest BCUT2D eigenvalue weighted by Gasteiger charge is -2.16. The summed E-state index contributed by atoms with van der Waals surface area (Å²) >= 11 is 0. The highest BCUT2D eigenvalue weighted by Gasteiger charge is 2.33. The highest BCUT2D eigenvalue weighted by Crippen LogP contribution is 2.32. The fourth-order valence-electron chi connectivity index (χ4n) is 2.67. The van der Waals surface area contributed by atoms with Gasteiger partial charge in [0.15, 0.2) is 11.6 Å². The molecule has 106 valence electrons. The maximum atomic E-state index is 13.3. The molecular weight excluding hydrogens is 252 g/mol. The number of rotatable bonds is 5. The van der Waals surface area contributed by atoms with Crippen LogP contribution >= 0.6 is 0 Å². The molecule has 0 saturated carbocycles. The Bertz CT molecular complexity index is 428. The van der Waals surface area contributed by atoms with E-state index in [1.165, 1.54) is 6.07 Å². The van der Waals surface area contributed by atoms with Crippen molar-refractivity contribution in [2.75, 3.05) is 40.0 Å². The average molecular weight is 271 g/mol. The second kappa shape index (κ2) is 6.41. The van der Waals surface area contributed by atoms with Gasteiger partial charge in [-0.3, -0.25) is 0 Å². The summed E-state index contributed by atoms with van der Waals surface area (Å²) in [5, 5.41) is 9.44. The topological polar surface area (TPSA) is 32.7 Å². The van der Waals surface area contributed by atoms with Crippen LogP contribution in [-0.4, -0.2) is 50.0 Å². The van der Waals surface area contributed by atoms with Gasteiger partial charge in [0, 0.05) is 45.2 Å². The van der Waals surface area contributed by atoms with Crippen LogP contribution in [0.4, 0.5) is 8.78 Å². The molecule has 2 atom stereocenters. The third-order valence-corrected chi connectivity index (χ3v) is 3.73. The normalized spacial score (nSPS) is 24.0. The Balaban J connectivity index is 2.11. The Kier molecular flexibility index (Phi) is 4.85. The molecule has 0 spiro atoms. The van der Waals surface area contributed by atoms with Crippen LogP contribution in [0.5, 0.6) is 0 Å². The van der Waals surface area contributed by atoms with E-state index in [1.807, 2.05) is 0 Å². The summed E-state index contributed by atoms with van der Waals surface area (Å²) in [5.74, 6) is -1.57. The van der Waals surface area contributed by atoms with Crippen molar-refractivity contribution in [2.45, 2.75) is 5.92 Å². The number of nitrogens with zero attached hydrogens (tertiary/aromatic N) is 1. The summed E-state index contributed by atoms with van der Waals surface area (Å²) in [4.78, 5) is 2.18. The van der Waals surface area contributed by atoms with E-state index in [-0.39, 0.29) is 18.4 Å². The molecule has 0 radical (unpaired) electrons. The Morgan fingerprint density at radius 3 is 2.74 bits per heavy atom. The molecular formula is C14H19F2NO2. The zero-order valence-electron chi connectivity index (χ0n) is 11.0. The minimum atomic E-state index is -0.835. The lowest BCUT2D eigenvalue weighted by Crippen LogP contribution is -2.25.